The molecule has 0 bridgehead atoms. The summed E-state index contributed by atoms with van der Waals surface area (Å²) >= 11 is 6.32. The molecule has 1 aromatic carbocycles. The fourth-order valence-corrected chi connectivity index (χ4v) is 5.63. The van der Waals surface area contributed by atoms with E-state index in [2.05, 4.69) is 5.32 Å². The van der Waals surface area contributed by atoms with E-state index in [1.54, 1.807) is 18.2 Å². The van der Waals surface area contributed by atoms with Gasteiger partial charge in [0.25, 0.3) is 5.91 Å². The van der Waals surface area contributed by atoms with Gasteiger partial charge in [-0.1, -0.05) is 11.6 Å². The number of nitrogens with one attached hydrogen (secondary N) is 1. The van der Waals surface area contributed by atoms with Gasteiger partial charge in [0, 0.05) is 51.3 Å². The van der Waals surface area contributed by atoms with E-state index in [9.17, 15) is 19.2 Å². The largest absolute Gasteiger partial charge is 0.444 e. The van der Waals surface area contributed by atoms with Gasteiger partial charge in [0.2, 0.25) is 5.91 Å². The Morgan fingerprint density at radius 1 is 1.00 bits per heavy atom. The van der Waals surface area contributed by atoms with Crippen LogP contribution in [0.2, 0.25) is 5.02 Å². The van der Waals surface area contributed by atoms with Crippen LogP contribution in [0.25, 0.3) is 0 Å². The van der Waals surface area contributed by atoms with Gasteiger partial charge in [-0.15, -0.1) is 0 Å². The highest BCUT2D eigenvalue weighted by atomic mass is 35.5. The summed E-state index contributed by atoms with van der Waals surface area (Å²) in [5, 5.41) is 2.63. The fraction of sp³-hybridized carbons (Fsp3) is 0.655. The van der Waals surface area contributed by atoms with Crippen molar-refractivity contribution < 1.29 is 28.7 Å². The Bertz CT molecular complexity index is 1090. The summed E-state index contributed by atoms with van der Waals surface area (Å²) in [6, 6.07) is 4.37. The SMILES string of the molecule is CC(C)(C)OC(=O)N1CCC(CCCOC2CCN(C(=O)c3ccc(Cl)c(N4CCC(=O)NC4=O)c3)CC2)CC1. The van der Waals surface area contributed by atoms with E-state index in [1.807, 2.05) is 30.6 Å². The number of likely N-dealkylation sites (tertiary alicyclic amines) is 2. The molecule has 5 amide bonds. The smallest absolute Gasteiger partial charge is 0.410 e. The van der Waals surface area contributed by atoms with Gasteiger partial charge in [-0.05, 0) is 83.4 Å². The molecule has 3 saturated heterocycles. The molecule has 3 aliphatic heterocycles. The van der Waals surface area contributed by atoms with E-state index >= 15 is 0 Å². The summed E-state index contributed by atoms with van der Waals surface area (Å²) in [6.45, 7) is 9.27. The highest BCUT2D eigenvalue weighted by Crippen LogP contribution is 2.30. The molecule has 40 heavy (non-hydrogen) atoms. The molecule has 3 heterocycles. The van der Waals surface area contributed by atoms with Crippen molar-refractivity contribution >= 4 is 41.2 Å². The minimum atomic E-state index is -0.535. The first-order valence-electron chi connectivity index (χ1n) is 14.3. The Kier molecular flexibility index (Phi) is 9.94. The van der Waals surface area contributed by atoms with Gasteiger partial charge in [-0.3, -0.25) is 19.8 Å². The lowest BCUT2D eigenvalue weighted by Crippen LogP contribution is -2.49. The average molecular weight is 577 g/mol. The van der Waals surface area contributed by atoms with Gasteiger partial charge in [0.05, 0.1) is 16.8 Å². The first-order chi connectivity index (χ1) is 19.0. The standard InChI is InChI=1S/C29H41ClN4O6/c1-29(2,3)40-28(38)33-13-8-20(9-14-33)5-4-18-39-22-10-15-32(16-11-22)26(36)21-6-7-23(30)24(19-21)34-17-12-25(35)31-27(34)37/h6-7,19-20,22H,4-5,8-18H2,1-3H3,(H,31,35,37). The average Bonchev–Trinajstić information content (AvgIpc) is 2.91. The predicted molar refractivity (Wildman–Crippen MR) is 152 cm³/mol. The van der Waals surface area contributed by atoms with Crippen molar-refractivity contribution in [2.45, 2.75) is 77.4 Å². The Labute approximate surface area is 241 Å². The summed E-state index contributed by atoms with van der Waals surface area (Å²) in [7, 11) is 0. The normalized spacial score (nSPS) is 19.6. The Morgan fingerprint density at radius 3 is 2.33 bits per heavy atom. The Balaban J connectivity index is 1.16. The van der Waals surface area contributed by atoms with Crippen molar-refractivity contribution in [3.05, 3.63) is 28.8 Å². The number of nitrogens with zero attached hydrogens (tertiary/aromatic N) is 3. The monoisotopic (exact) mass is 576 g/mol. The number of rotatable bonds is 7. The van der Waals surface area contributed by atoms with Gasteiger partial charge in [-0.25, -0.2) is 9.59 Å². The zero-order valence-electron chi connectivity index (χ0n) is 23.7. The molecule has 0 radical (unpaired) electrons. The summed E-state index contributed by atoms with van der Waals surface area (Å²) in [6.07, 6.45) is 5.70. The molecule has 11 heteroatoms. The van der Waals surface area contributed by atoms with E-state index in [-0.39, 0.29) is 37.0 Å². The maximum absolute atomic E-state index is 13.2. The number of carbonyl (C=O) groups excluding carboxylic acids is 4. The van der Waals surface area contributed by atoms with Crippen LogP contribution in [-0.2, 0) is 14.3 Å². The Hall–Kier alpha value is -2.85. The van der Waals surface area contributed by atoms with Gasteiger partial charge >= 0.3 is 12.1 Å². The van der Waals surface area contributed by atoms with E-state index in [1.165, 1.54) is 4.90 Å². The number of amides is 5. The summed E-state index contributed by atoms with van der Waals surface area (Å²) < 4.78 is 11.6. The number of piperidine rings is 2. The van der Waals surface area contributed by atoms with Crippen LogP contribution >= 0.6 is 11.6 Å². The number of urea groups is 1. The molecular weight excluding hydrogens is 536 g/mol. The number of ether oxygens (including phenoxy) is 2. The molecule has 0 spiro atoms. The van der Waals surface area contributed by atoms with Crippen molar-refractivity contribution in [3.8, 4) is 0 Å². The van der Waals surface area contributed by atoms with E-state index < -0.39 is 11.6 Å². The third-order valence-corrected chi connectivity index (χ3v) is 7.96. The van der Waals surface area contributed by atoms with Crippen LogP contribution in [-0.4, -0.2) is 84.8 Å². The van der Waals surface area contributed by atoms with Crippen LogP contribution in [0.5, 0.6) is 0 Å². The third-order valence-electron chi connectivity index (χ3n) is 7.64. The second-order valence-corrected chi connectivity index (χ2v) is 12.2. The lowest BCUT2D eigenvalue weighted by molar-refractivity contribution is -0.120. The first-order valence-corrected chi connectivity index (χ1v) is 14.7. The van der Waals surface area contributed by atoms with Gasteiger partial charge < -0.3 is 19.3 Å². The molecule has 3 aliphatic rings. The van der Waals surface area contributed by atoms with Crippen molar-refractivity contribution in [1.29, 1.82) is 0 Å². The van der Waals surface area contributed by atoms with Crippen molar-refractivity contribution in [2.24, 2.45) is 5.92 Å². The van der Waals surface area contributed by atoms with Crippen molar-refractivity contribution in [2.75, 3.05) is 44.2 Å². The number of halogens is 1. The number of hydrogen-bond acceptors (Lipinski definition) is 6. The molecule has 0 unspecified atom stereocenters. The number of imide groups is 1. The van der Waals surface area contributed by atoms with E-state index in [0.717, 1.165) is 51.6 Å². The summed E-state index contributed by atoms with van der Waals surface area (Å²) in [5.74, 6) is 0.167. The Morgan fingerprint density at radius 2 is 1.68 bits per heavy atom. The predicted octanol–water partition coefficient (Wildman–Crippen LogP) is 4.83. The molecule has 10 nitrogen and oxygen atoms in total. The van der Waals surface area contributed by atoms with Crippen LogP contribution in [0.1, 0.15) is 76.1 Å². The lowest BCUT2D eigenvalue weighted by Gasteiger charge is -2.34. The zero-order valence-corrected chi connectivity index (χ0v) is 24.5. The second kappa shape index (κ2) is 13.2. The number of hydrogen-bond donors (Lipinski definition) is 1. The van der Waals surface area contributed by atoms with Crippen LogP contribution in [0.3, 0.4) is 0 Å². The molecule has 1 N–H and O–H groups in total. The highest BCUT2D eigenvalue weighted by molar-refractivity contribution is 6.34. The second-order valence-electron chi connectivity index (χ2n) is 11.8. The molecule has 0 atom stereocenters. The molecule has 0 saturated carbocycles. The molecule has 0 aromatic heterocycles. The number of carbonyl (C=O) groups is 4. The number of anilines is 1. The first kappa shape index (κ1) is 30.1. The maximum Gasteiger partial charge on any atom is 0.410 e. The fourth-order valence-electron chi connectivity index (χ4n) is 5.41. The minimum Gasteiger partial charge on any atom is -0.444 e. The van der Waals surface area contributed by atoms with Crippen LogP contribution in [0.4, 0.5) is 15.3 Å². The van der Waals surface area contributed by atoms with E-state index in [4.69, 9.17) is 21.1 Å². The quantitative estimate of drug-likeness (QED) is 0.466. The minimum absolute atomic E-state index is 0.109. The van der Waals surface area contributed by atoms with Gasteiger partial charge in [0.1, 0.15) is 5.60 Å². The lowest BCUT2D eigenvalue weighted by atomic mass is 9.92. The molecule has 220 valence electrons. The maximum atomic E-state index is 13.2. The summed E-state index contributed by atoms with van der Waals surface area (Å²) in [5.41, 5.74) is 0.414. The van der Waals surface area contributed by atoms with E-state index in [0.29, 0.717) is 41.9 Å². The van der Waals surface area contributed by atoms with Crippen molar-refractivity contribution in [3.63, 3.8) is 0 Å². The van der Waals surface area contributed by atoms with Crippen LogP contribution in [0.15, 0.2) is 18.2 Å². The van der Waals surface area contributed by atoms with Gasteiger partial charge in [-0.2, -0.15) is 0 Å². The molecule has 3 fully saturated rings. The summed E-state index contributed by atoms with van der Waals surface area (Å²) in [4.78, 5) is 54.2. The highest BCUT2D eigenvalue weighted by Gasteiger charge is 2.29. The number of benzene rings is 1. The van der Waals surface area contributed by atoms with Crippen molar-refractivity contribution in [1.82, 2.24) is 15.1 Å². The topological polar surface area (TPSA) is 108 Å². The third kappa shape index (κ3) is 8.10. The zero-order chi connectivity index (χ0) is 28.9. The van der Waals surface area contributed by atoms with Crippen LogP contribution < -0.4 is 10.2 Å². The molecule has 1 aromatic rings. The molecule has 4 rings (SSSR count). The van der Waals surface area contributed by atoms with Gasteiger partial charge in [0.15, 0.2) is 0 Å². The van der Waals surface area contributed by atoms with Crippen LogP contribution in [0, 0.1) is 5.92 Å². The molecule has 0 aliphatic carbocycles. The molecular formula is C29H41ClN4O6.